The van der Waals surface area contributed by atoms with Gasteiger partial charge < -0.3 is 10.0 Å². The van der Waals surface area contributed by atoms with Crippen LogP contribution in [-0.4, -0.2) is 56.9 Å². The largest absolute Gasteiger partial charge is 0.381 e. The number of hydrogen-bond donors (Lipinski definition) is 1. The van der Waals surface area contributed by atoms with Crippen molar-refractivity contribution in [3.63, 3.8) is 0 Å². The molecule has 0 rings (SSSR count). The highest BCUT2D eigenvalue weighted by atomic mass is 16.3. The molecule has 0 aromatic heterocycles. The SMILES string of the molecule is C.CC.CN(C)C.CN(C)CO. The standard InChI is InChI=1S/C3H9NO.C3H9N.C2H6.CH4/c1-4(2)3-5;1-4(2)3;1-2;/h5H,3H2,1-2H3;1-3H3;1-2H3;1H4. The van der Waals surface area contributed by atoms with Gasteiger partial charge in [0.05, 0.1) is 6.73 Å². The number of aliphatic hydroxyl groups is 1. The first-order valence-electron chi connectivity index (χ1n) is 3.87. The third kappa shape index (κ3) is 220. The third-order valence-corrected chi connectivity index (χ3v) is 0.283. The maximum absolute atomic E-state index is 8.07. The smallest absolute Gasteiger partial charge is 0.0951 e. The Balaban J connectivity index is -0.0000000419. The Morgan fingerprint density at radius 3 is 1.00 bits per heavy atom. The predicted molar refractivity (Wildman–Crippen MR) is 58.5 cm³/mol. The molecule has 0 saturated heterocycles. The van der Waals surface area contributed by atoms with E-state index in [4.69, 9.17) is 5.11 Å². The molecule has 0 amide bonds. The van der Waals surface area contributed by atoms with Crippen molar-refractivity contribution in [3.05, 3.63) is 0 Å². The number of aliphatic hydroxyl groups excluding tert-OH is 1. The van der Waals surface area contributed by atoms with E-state index in [1.54, 1.807) is 19.0 Å². The normalized spacial score (nSPS) is 7.50. The first-order chi connectivity index (χ1) is 5.00. The number of rotatable bonds is 1. The van der Waals surface area contributed by atoms with Gasteiger partial charge in [0.25, 0.3) is 0 Å². The molecule has 0 bridgehead atoms. The lowest BCUT2D eigenvalue weighted by atomic mass is 11.0. The van der Waals surface area contributed by atoms with Crippen molar-refractivity contribution in [2.75, 3.05) is 42.0 Å². The van der Waals surface area contributed by atoms with Crippen LogP contribution in [0.5, 0.6) is 0 Å². The second-order valence-corrected chi connectivity index (χ2v) is 2.56. The summed E-state index contributed by atoms with van der Waals surface area (Å²) in [6.45, 7) is 4.14. The van der Waals surface area contributed by atoms with E-state index in [1.165, 1.54) is 0 Å². The van der Waals surface area contributed by atoms with Gasteiger partial charge in [-0.15, -0.1) is 0 Å². The zero-order chi connectivity index (χ0) is 9.86. The van der Waals surface area contributed by atoms with E-state index in [-0.39, 0.29) is 14.2 Å². The maximum Gasteiger partial charge on any atom is 0.0951 e. The molecular formula is C9H28N2O. The van der Waals surface area contributed by atoms with Gasteiger partial charge in [-0.2, -0.15) is 0 Å². The van der Waals surface area contributed by atoms with Crippen LogP contribution in [0.2, 0.25) is 0 Å². The van der Waals surface area contributed by atoms with Crippen LogP contribution >= 0.6 is 0 Å². The second kappa shape index (κ2) is 22.4. The van der Waals surface area contributed by atoms with Crippen molar-refractivity contribution >= 4 is 0 Å². The molecule has 0 spiro atoms. The summed E-state index contributed by atoms with van der Waals surface area (Å²) < 4.78 is 0. The van der Waals surface area contributed by atoms with E-state index in [1.807, 2.05) is 39.9 Å². The molecule has 0 radical (unpaired) electrons. The summed E-state index contributed by atoms with van der Waals surface area (Å²) in [5, 5.41) is 8.07. The first kappa shape index (κ1) is 22.6. The van der Waals surface area contributed by atoms with E-state index in [2.05, 4.69) is 0 Å². The molecule has 0 atom stereocenters. The monoisotopic (exact) mass is 180 g/mol. The van der Waals surface area contributed by atoms with Crippen molar-refractivity contribution in [2.45, 2.75) is 21.3 Å². The van der Waals surface area contributed by atoms with Gasteiger partial charge in [0, 0.05) is 0 Å². The molecule has 0 aliphatic rings. The quantitative estimate of drug-likeness (QED) is 0.617. The zero-order valence-corrected chi connectivity index (χ0v) is 9.05. The van der Waals surface area contributed by atoms with Crippen molar-refractivity contribution in [1.82, 2.24) is 9.80 Å². The van der Waals surface area contributed by atoms with E-state index in [0.29, 0.717) is 0 Å². The minimum absolute atomic E-state index is 0. The van der Waals surface area contributed by atoms with Gasteiger partial charge in [-0.25, -0.2) is 0 Å². The van der Waals surface area contributed by atoms with E-state index in [0.717, 1.165) is 0 Å². The van der Waals surface area contributed by atoms with Crippen molar-refractivity contribution < 1.29 is 5.11 Å². The van der Waals surface area contributed by atoms with Crippen LogP contribution in [0, 0.1) is 0 Å². The van der Waals surface area contributed by atoms with Crippen LogP contribution < -0.4 is 0 Å². The fraction of sp³-hybridized carbons (Fsp3) is 1.00. The summed E-state index contributed by atoms with van der Waals surface area (Å²) in [5.41, 5.74) is 0. The molecule has 0 aromatic rings. The minimum Gasteiger partial charge on any atom is -0.381 e. The Bertz CT molecular complexity index is 45.0. The minimum atomic E-state index is 0. The summed E-state index contributed by atoms with van der Waals surface area (Å²) in [6, 6.07) is 0. The molecule has 0 aliphatic carbocycles. The van der Waals surface area contributed by atoms with Crippen LogP contribution in [0.4, 0.5) is 0 Å². The lowest BCUT2D eigenvalue weighted by Crippen LogP contribution is -2.11. The highest BCUT2D eigenvalue weighted by Gasteiger charge is 1.73. The van der Waals surface area contributed by atoms with Crippen LogP contribution in [0.15, 0.2) is 0 Å². The molecule has 0 heterocycles. The van der Waals surface area contributed by atoms with Gasteiger partial charge in [-0.3, -0.25) is 4.90 Å². The molecule has 0 aliphatic heterocycles. The second-order valence-electron chi connectivity index (χ2n) is 2.56. The molecule has 0 fully saturated rings. The summed E-state index contributed by atoms with van der Waals surface area (Å²) in [4.78, 5) is 3.68. The topological polar surface area (TPSA) is 26.7 Å². The summed E-state index contributed by atoms with van der Waals surface area (Å²) in [5.74, 6) is 0. The fourth-order valence-corrected chi connectivity index (χ4v) is 0. The van der Waals surface area contributed by atoms with Gasteiger partial charge in [0.2, 0.25) is 0 Å². The molecule has 0 saturated carbocycles. The van der Waals surface area contributed by atoms with Gasteiger partial charge in [-0.1, -0.05) is 21.3 Å². The number of nitrogens with zero attached hydrogens (tertiary/aromatic N) is 2. The summed E-state index contributed by atoms with van der Waals surface area (Å²) in [6.07, 6.45) is 0. The van der Waals surface area contributed by atoms with Crippen molar-refractivity contribution in [3.8, 4) is 0 Å². The van der Waals surface area contributed by atoms with Crippen LogP contribution in [0.3, 0.4) is 0 Å². The molecule has 0 aromatic carbocycles. The third-order valence-electron chi connectivity index (χ3n) is 0.283. The van der Waals surface area contributed by atoms with Gasteiger partial charge in [0.1, 0.15) is 0 Å². The predicted octanol–water partition coefficient (Wildman–Crippen LogP) is 1.34. The molecule has 3 heteroatoms. The van der Waals surface area contributed by atoms with E-state index >= 15 is 0 Å². The van der Waals surface area contributed by atoms with E-state index in [9.17, 15) is 0 Å². The molecule has 80 valence electrons. The maximum atomic E-state index is 8.07. The summed E-state index contributed by atoms with van der Waals surface area (Å²) in [7, 11) is 9.61. The molecule has 0 unspecified atom stereocenters. The van der Waals surface area contributed by atoms with E-state index < -0.39 is 0 Å². The highest BCUT2D eigenvalue weighted by Crippen LogP contribution is 1.59. The van der Waals surface area contributed by atoms with Gasteiger partial charge in [-0.05, 0) is 35.2 Å². The average molecular weight is 180 g/mol. The lowest BCUT2D eigenvalue weighted by Gasteiger charge is -1.99. The molecule has 12 heavy (non-hydrogen) atoms. The summed E-state index contributed by atoms with van der Waals surface area (Å²) >= 11 is 0. The Hall–Kier alpha value is -0.120. The Morgan fingerprint density at radius 2 is 1.00 bits per heavy atom. The Kier molecular flexibility index (Phi) is 42.3. The lowest BCUT2D eigenvalue weighted by molar-refractivity contribution is 0.157. The van der Waals surface area contributed by atoms with Crippen LogP contribution in [-0.2, 0) is 0 Å². The van der Waals surface area contributed by atoms with Crippen molar-refractivity contribution in [2.24, 2.45) is 0 Å². The Morgan fingerprint density at radius 1 is 0.917 bits per heavy atom. The van der Waals surface area contributed by atoms with Gasteiger partial charge >= 0.3 is 0 Å². The zero-order valence-electron chi connectivity index (χ0n) is 9.05. The van der Waals surface area contributed by atoms with Gasteiger partial charge in [0.15, 0.2) is 0 Å². The molecule has 1 N–H and O–H groups in total. The highest BCUT2D eigenvalue weighted by molar-refractivity contribution is 4.16. The molecular weight excluding hydrogens is 152 g/mol. The first-order valence-corrected chi connectivity index (χ1v) is 3.87. The van der Waals surface area contributed by atoms with Crippen LogP contribution in [0.1, 0.15) is 21.3 Å². The number of hydrogen-bond acceptors (Lipinski definition) is 3. The molecule has 3 nitrogen and oxygen atoms in total. The average Bonchev–Trinajstić information content (AvgIpc) is 1.91. The fourth-order valence-electron chi connectivity index (χ4n) is 0. The Labute approximate surface area is 79.0 Å². The van der Waals surface area contributed by atoms with Crippen LogP contribution in [0.25, 0.3) is 0 Å². The van der Waals surface area contributed by atoms with Crippen molar-refractivity contribution in [1.29, 1.82) is 0 Å².